The van der Waals surface area contributed by atoms with Gasteiger partial charge in [-0.3, -0.25) is 4.79 Å². The first-order valence-corrected chi connectivity index (χ1v) is 7.74. The third-order valence-corrected chi connectivity index (χ3v) is 4.21. The van der Waals surface area contributed by atoms with Crippen LogP contribution in [0.15, 0.2) is 30.3 Å². The van der Waals surface area contributed by atoms with Crippen LogP contribution in [-0.4, -0.2) is 36.4 Å². The highest BCUT2D eigenvalue weighted by molar-refractivity contribution is 6.21. The highest BCUT2D eigenvalue weighted by Gasteiger charge is 2.39. The molecule has 1 unspecified atom stereocenters. The Bertz CT molecular complexity index is 441. The maximum atomic E-state index is 12.4. The van der Waals surface area contributed by atoms with Crippen LogP contribution in [0.4, 0.5) is 5.69 Å². The number of amides is 1. The van der Waals surface area contributed by atoms with Crippen LogP contribution in [0.3, 0.4) is 0 Å². The lowest BCUT2D eigenvalue weighted by Crippen LogP contribution is -2.45. The van der Waals surface area contributed by atoms with Gasteiger partial charge in [-0.1, -0.05) is 18.2 Å². The molecule has 1 saturated carbocycles. The van der Waals surface area contributed by atoms with Gasteiger partial charge in [0, 0.05) is 30.5 Å². The van der Waals surface area contributed by atoms with Gasteiger partial charge in [0.05, 0.1) is 12.1 Å². The van der Waals surface area contributed by atoms with E-state index in [-0.39, 0.29) is 23.4 Å². The van der Waals surface area contributed by atoms with E-state index >= 15 is 0 Å². The second-order valence-corrected chi connectivity index (χ2v) is 5.94. The van der Waals surface area contributed by atoms with Crippen LogP contribution in [0, 0.1) is 0 Å². The summed E-state index contributed by atoms with van der Waals surface area (Å²) >= 11 is 12.0. The highest BCUT2D eigenvalue weighted by atomic mass is 35.5. The molecule has 0 aliphatic heterocycles. The zero-order valence-corrected chi connectivity index (χ0v) is 13.0. The lowest BCUT2D eigenvalue weighted by Gasteiger charge is -2.32. The monoisotopic (exact) mass is 315 g/mol. The van der Waals surface area contributed by atoms with Crippen molar-refractivity contribution in [1.82, 2.24) is 0 Å². The van der Waals surface area contributed by atoms with Gasteiger partial charge in [0.2, 0.25) is 5.91 Å². The summed E-state index contributed by atoms with van der Waals surface area (Å²) in [5.41, 5.74) is 0.875. The first kappa shape index (κ1) is 15.6. The molecule has 3 nitrogen and oxygen atoms in total. The molecule has 0 spiro atoms. The Labute approximate surface area is 129 Å². The molecule has 0 saturated heterocycles. The Balaban J connectivity index is 2.29. The van der Waals surface area contributed by atoms with Gasteiger partial charge >= 0.3 is 0 Å². The van der Waals surface area contributed by atoms with E-state index in [0.717, 1.165) is 18.5 Å². The zero-order chi connectivity index (χ0) is 14.5. The van der Waals surface area contributed by atoms with Gasteiger partial charge in [0.1, 0.15) is 0 Å². The maximum Gasteiger partial charge on any atom is 0.228 e. The summed E-state index contributed by atoms with van der Waals surface area (Å²) in [4.78, 5) is 14.2. The Hall–Kier alpha value is -0.770. The Kier molecular flexibility index (Phi) is 5.70. The van der Waals surface area contributed by atoms with Crippen molar-refractivity contribution in [3.05, 3.63) is 30.3 Å². The van der Waals surface area contributed by atoms with Crippen LogP contribution in [0.25, 0.3) is 0 Å². The van der Waals surface area contributed by atoms with Crippen molar-refractivity contribution < 1.29 is 9.53 Å². The van der Waals surface area contributed by atoms with E-state index in [9.17, 15) is 4.79 Å². The van der Waals surface area contributed by atoms with Crippen molar-refractivity contribution in [2.45, 2.75) is 36.8 Å². The number of para-hydroxylation sites is 1. The minimum absolute atomic E-state index is 0.0176. The summed E-state index contributed by atoms with van der Waals surface area (Å²) in [5.74, 6) is 0.334. The first-order chi connectivity index (χ1) is 9.67. The first-order valence-electron chi connectivity index (χ1n) is 6.77. The number of hydrogen-bond acceptors (Lipinski definition) is 2. The quantitative estimate of drug-likeness (QED) is 0.779. The lowest BCUT2D eigenvalue weighted by atomic mass is 10.1. The van der Waals surface area contributed by atoms with Crippen LogP contribution in [0.1, 0.15) is 19.3 Å². The van der Waals surface area contributed by atoms with Crippen molar-refractivity contribution in [1.29, 1.82) is 0 Å². The second kappa shape index (κ2) is 7.30. The molecule has 1 aromatic carbocycles. The molecule has 3 atom stereocenters. The number of rotatable bonds is 5. The lowest BCUT2D eigenvalue weighted by molar-refractivity contribution is -0.119. The van der Waals surface area contributed by atoms with Gasteiger partial charge in [-0.25, -0.2) is 0 Å². The molecule has 0 bridgehead atoms. The number of ether oxygens (including phenoxy) is 1. The molecule has 20 heavy (non-hydrogen) atoms. The zero-order valence-electron chi connectivity index (χ0n) is 11.5. The van der Waals surface area contributed by atoms with Crippen molar-refractivity contribution >= 4 is 34.8 Å². The van der Waals surface area contributed by atoms with E-state index in [1.54, 1.807) is 12.0 Å². The number of methoxy groups -OCH3 is 1. The van der Waals surface area contributed by atoms with Crippen LogP contribution >= 0.6 is 23.2 Å². The predicted octanol–water partition coefficient (Wildman–Crippen LogP) is 3.43. The number of anilines is 1. The number of carbonyl (C=O) groups is 1. The third-order valence-electron chi connectivity index (χ3n) is 3.66. The fraction of sp³-hybridized carbons (Fsp3) is 0.533. The molecule has 1 fully saturated rings. The van der Waals surface area contributed by atoms with E-state index in [2.05, 4.69) is 0 Å². The third kappa shape index (κ3) is 3.46. The largest absolute Gasteiger partial charge is 0.379 e. The van der Waals surface area contributed by atoms with Gasteiger partial charge in [0.25, 0.3) is 0 Å². The molecule has 2 rings (SSSR count). The van der Waals surface area contributed by atoms with E-state index in [0.29, 0.717) is 12.3 Å². The van der Waals surface area contributed by atoms with Crippen LogP contribution in [0.5, 0.6) is 0 Å². The molecule has 0 radical (unpaired) electrons. The number of hydrogen-bond donors (Lipinski definition) is 0. The van der Waals surface area contributed by atoms with Gasteiger partial charge < -0.3 is 9.64 Å². The molecular weight excluding hydrogens is 297 g/mol. The van der Waals surface area contributed by atoms with Gasteiger partial charge in [0.15, 0.2) is 0 Å². The molecule has 0 N–H and O–H groups in total. The summed E-state index contributed by atoms with van der Waals surface area (Å²) in [6.07, 6.45) is 1.79. The number of alkyl halides is 2. The van der Waals surface area contributed by atoms with Gasteiger partial charge in [-0.2, -0.15) is 0 Å². The van der Waals surface area contributed by atoms with Crippen molar-refractivity contribution in [3.8, 4) is 0 Å². The van der Waals surface area contributed by atoms with Crippen LogP contribution in [0.2, 0.25) is 0 Å². The summed E-state index contributed by atoms with van der Waals surface area (Å²) in [7, 11) is 1.67. The minimum atomic E-state index is -0.0306. The van der Waals surface area contributed by atoms with E-state index in [1.807, 2.05) is 30.3 Å². The maximum absolute atomic E-state index is 12.4. The summed E-state index contributed by atoms with van der Waals surface area (Å²) in [6.45, 7) is 0. The molecule has 5 heteroatoms. The topological polar surface area (TPSA) is 29.5 Å². The van der Waals surface area contributed by atoms with Crippen molar-refractivity contribution in [2.24, 2.45) is 0 Å². The average molecular weight is 316 g/mol. The molecular formula is C15H19Cl2NO2. The second-order valence-electron chi connectivity index (χ2n) is 4.95. The summed E-state index contributed by atoms with van der Waals surface area (Å²) < 4.78 is 5.51. The smallest absolute Gasteiger partial charge is 0.228 e. The summed E-state index contributed by atoms with van der Waals surface area (Å²) in [5, 5.41) is 0.0416. The molecule has 1 amide bonds. The number of carbonyl (C=O) groups excluding carboxylic acids is 1. The minimum Gasteiger partial charge on any atom is -0.379 e. The van der Waals surface area contributed by atoms with Crippen LogP contribution < -0.4 is 4.90 Å². The van der Waals surface area contributed by atoms with Crippen molar-refractivity contribution in [2.75, 3.05) is 17.9 Å². The number of halogens is 2. The van der Waals surface area contributed by atoms with Gasteiger partial charge in [-0.15, -0.1) is 23.2 Å². The Morgan fingerprint density at radius 3 is 2.65 bits per heavy atom. The Morgan fingerprint density at radius 2 is 2.05 bits per heavy atom. The average Bonchev–Trinajstić information content (AvgIpc) is 2.81. The molecule has 0 aromatic heterocycles. The Morgan fingerprint density at radius 1 is 1.35 bits per heavy atom. The summed E-state index contributed by atoms with van der Waals surface area (Å²) in [6, 6.07) is 9.61. The van der Waals surface area contributed by atoms with Gasteiger partial charge in [-0.05, 0) is 25.0 Å². The highest BCUT2D eigenvalue weighted by Crippen LogP contribution is 2.33. The SMILES string of the molecule is CO[C@@H]1CC(Cl)C[C@H]1N(C(=O)CCCl)c1ccccc1. The predicted molar refractivity (Wildman–Crippen MR) is 82.7 cm³/mol. The van der Waals surface area contributed by atoms with E-state index in [4.69, 9.17) is 27.9 Å². The van der Waals surface area contributed by atoms with Crippen molar-refractivity contribution in [3.63, 3.8) is 0 Å². The number of benzene rings is 1. The fourth-order valence-electron chi connectivity index (χ4n) is 2.75. The molecule has 1 aliphatic carbocycles. The standard InChI is InChI=1S/C15H19Cl2NO2/c1-20-14-10-11(17)9-13(14)18(15(19)7-8-16)12-5-3-2-4-6-12/h2-6,11,13-14H,7-10H2,1H3/t11?,13-,14-/m1/s1. The molecule has 1 aromatic rings. The fourth-order valence-corrected chi connectivity index (χ4v) is 3.27. The molecule has 1 aliphatic rings. The normalized spacial score (nSPS) is 25.6. The molecule has 0 heterocycles. The number of nitrogens with zero attached hydrogens (tertiary/aromatic N) is 1. The van der Waals surface area contributed by atoms with Crippen LogP contribution in [-0.2, 0) is 9.53 Å². The van der Waals surface area contributed by atoms with E-state index in [1.165, 1.54) is 0 Å². The molecule has 110 valence electrons. The van der Waals surface area contributed by atoms with E-state index < -0.39 is 0 Å².